The minimum absolute atomic E-state index is 0.128. The Morgan fingerprint density at radius 2 is 2.09 bits per heavy atom. The van der Waals surface area contributed by atoms with E-state index in [0.717, 1.165) is 18.5 Å². The van der Waals surface area contributed by atoms with Crippen LogP contribution in [-0.2, 0) is 0 Å². The fourth-order valence-corrected chi connectivity index (χ4v) is 4.06. The van der Waals surface area contributed by atoms with Crippen LogP contribution >= 0.6 is 0 Å². The molecule has 0 aliphatic heterocycles. The fraction of sp³-hybridized carbons (Fsp3) is 0.650. The summed E-state index contributed by atoms with van der Waals surface area (Å²) in [5, 5.41) is 6.13. The van der Waals surface area contributed by atoms with Crippen LogP contribution in [0.5, 0.6) is 0 Å². The van der Waals surface area contributed by atoms with Gasteiger partial charge in [-0.2, -0.15) is 0 Å². The normalized spacial score (nSPS) is 28.9. The van der Waals surface area contributed by atoms with Crippen LogP contribution in [0, 0.1) is 17.8 Å². The number of hydrogen-bond acceptors (Lipinski definition) is 1. The van der Waals surface area contributed by atoms with Crippen molar-refractivity contribution in [2.75, 3.05) is 0 Å². The molecule has 0 aromatic carbocycles. The van der Waals surface area contributed by atoms with Crippen molar-refractivity contribution in [2.24, 2.45) is 17.8 Å². The predicted molar refractivity (Wildman–Crippen MR) is 99.1 cm³/mol. The summed E-state index contributed by atoms with van der Waals surface area (Å²) in [5.74, 6) is 2.06. The summed E-state index contributed by atoms with van der Waals surface area (Å²) >= 11 is 0. The summed E-state index contributed by atoms with van der Waals surface area (Å²) in [7, 11) is 0. The summed E-state index contributed by atoms with van der Waals surface area (Å²) in [6.07, 6.45) is 11.9. The van der Waals surface area contributed by atoms with Crippen LogP contribution in [0.15, 0.2) is 36.6 Å². The zero-order chi connectivity index (χ0) is 17.5. The second-order valence-corrected chi connectivity index (χ2v) is 7.74. The number of urea groups is 1. The van der Waals surface area contributed by atoms with Crippen LogP contribution in [0.2, 0.25) is 0 Å². The SMILES string of the molecule is C=C/C=C(\C=C/C)NC(=O)NC1(C)CC(C)CC(CC(C)C)C1. The molecule has 23 heavy (non-hydrogen) atoms. The van der Waals surface area contributed by atoms with Crippen molar-refractivity contribution >= 4 is 6.03 Å². The molecule has 0 spiro atoms. The van der Waals surface area contributed by atoms with E-state index in [2.05, 4.69) is 44.9 Å². The van der Waals surface area contributed by atoms with Gasteiger partial charge in [0, 0.05) is 11.2 Å². The Hall–Kier alpha value is -1.51. The molecule has 2 amide bonds. The van der Waals surface area contributed by atoms with Crippen LogP contribution in [0.25, 0.3) is 0 Å². The van der Waals surface area contributed by atoms with Gasteiger partial charge in [-0.25, -0.2) is 4.79 Å². The third-order valence-corrected chi connectivity index (χ3v) is 4.40. The second kappa shape index (κ2) is 8.95. The van der Waals surface area contributed by atoms with Crippen molar-refractivity contribution in [3.05, 3.63) is 36.6 Å². The van der Waals surface area contributed by atoms with Gasteiger partial charge in [-0.05, 0) is 69.4 Å². The smallest absolute Gasteiger partial charge is 0.319 e. The first-order chi connectivity index (χ1) is 10.8. The number of allylic oxidation sites excluding steroid dienone is 4. The molecular weight excluding hydrogens is 284 g/mol. The Kier molecular flexibility index (Phi) is 7.60. The van der Waals surface area contributed by atoms with Crippen molar-refractivity contribution in [3.8, 4) is 0 Å². The van der Waals surface area contributed by atoms with Gasteiger partial charge in [0.2, 0.25) is 0 Å². The summed E-state index contributed by atoms with van der Waals surface area (Å²) in [5.41, 5.74) is 0.627. The summed E-state index contributed by atoms with van der Waals surface area (Å²) in [6.45, 7) is 14.6. The lowest BCUT2D eigenvalue weighted by Crippen LogP contribution is -2.53. The number of rotatable bonds is 6. The average molecular weight is 319 g/mol. The van der Waals surface area contributed by atoms with Gasteiger partial charge in [-0.1, -0.05) is 39.5 Å². The monoisotopic (exact) mass is 318 g/mol. The molecule has 0 aromatic rings. The quantitative estimate of drug-likeness (QED) is 0.651. The second-order valence-electron chi connectivity index (χ2n) is 7.74. The summed E-state index contributed by atoms with van der Waals surface area (Å²) < 4.78 is 0. The number of amides is 2. The number of nitrogens with one attached hydrogen (secondary N) is 2. The summed E-state index contributed by atoms with van der Waals surface area (Å²) in [4.78, 5) is 12.4. The maximum Gasteiger partial charge on any atom is 0.319 e. The molecule has 3 nitrogen and oxygen atoms in total. The fourth-order valence-electron chi connectivity index (χ4n) is 4.06. The van der Waals surface area contributed by atoms with E-state index < -0.39 is 0 Å². The highest BCUT2D eigenvalue weighted by molar-refractivity contribution is 5.77. The molecular formula is C20H34N2O. The topological polar surface area (TPSA) is 41.1 Å². The largest absolute Gasteiger partial charge is 0.333 e. The van der Waals surface area contributed by atoms with Gasteiger partial charge in [-0.15, -0.1) is 0 Å². The molecule has 3 atom stereocenters. The van der Waals surface area contributed by atoms with Gasteiger partial charge in [0.05, 0.1) is 0 Å². The van der Waals surface area contributed by atoms with E-state index in [9.17, 15) is 4.79 Å². The first-order valence-corrected chi connectivity index (χ1v) is 8.82. The lowest BCUT2D eigenvalue weighted by molar-refractivity contribution is 0.140. The minimum Gasteiger partial charge on any atom is -0.333 e. The highest BCUT2D eigenvalue weighted by Crippen LogP contribution is 2.38. The molecule has 0 bridgehead atoms. The van der Waals surface area contributed by atoms with Crippen LogP contribution < -0.4 is 10.6 Å². The number of hydrogen-bond donors (Lipinski definition) is 2. The zero-order valence-corrected chi connectivity index (χ0v) is 15.5. The Morgan fingerprint density at radius 1 is 1.39 bits per heavy atom. The molecule has 1 aliphatic rings. The van der Waals surface area contributed by atoms with Gasteiger partial charge in [-0.3, -0.25) is 0 Å². The van der Waals surface area contributed by atoms with E-state index in [0.29, 0.717) is 17.8 Å². The molecule has 0 radical (unpaired) electrons. The first-order valence-electron chi connectivity index (χ1n) is 8.82. The van der Waals surface area contributed by atoms with E-state index >= 15 is 0 Å². The lowest BCUT2D eigenvalue weighted by atomic mass is 9.70. The molecule has 130 valence electrons. The zero-order valence-electron chi connectivity index (χ0n) is 15.5. The van der Waals surface area contributed by atoms with Crippen molar-refractivity contribution in [1.82, 2.24) is 10.6 Å². The van der Waals surface area contributed by atoms with E-state index in [4.69, 9.17) is 0 Å². The molecule has 3 unspecified atom stereocenters. The lowest BCUT2D eigenvalue weighted by Gasteiger charge is -2.42. The highest BCUT2D eigenvalue weighted by Gasteiger charge is 2.36. The van der Waals surface area contributed by atoms with Crippen LogP contribution in [0.4, 0.5) is 4.79 Å². The third kappa shape index (κ3) is 7.06. The molecule has 1 saturated carbocycles. The Balaban J connectivity index is 2.70. The van der Waals surface area contributed by atoms with Gasteiger partial charge >= 0.3 is 6.03 Å². The third-order valence-electron chi connectivity index (χ3n) is 4.40. The maximum absolute atomic E-state index is 12.4. The van der Waals surface area contributed by atoms with E-state index in [1.165, 1.54) is 12.8 Å². The Labute approximate surface area is 142 Å². The van der Waals surface area contributed by atoms with Gasteiger partial charge < -0.3 is 10.6 Å². The molecule has 1 rings (SSSR count). The van der Waals surface area contributed by atoms with Crippen molar-refractivity contribution < 1.29 is 4.79 Å². The standard InChI is InChI=1S/C20H34N2O/c1-7-9-18(10-8-2)21-19(23)22-20(6)13-16(5)12-17(14-20)11-15(3)4/h7-10,15-17H,1,11-14H2,2-6H3,(H2,21,22,23)/b10-8-,18-9+. The number of carbonyl (C=O) groups is 1. The van der Waals surface area contributed by atoms with Crippen molar-refractivity contribution in [2.45, 2.75) is 65.8 Å². The van der Waals surface area contributed by atoms with Crippen molar-refractivity contribution in [3.63, 3.8) is 0 Å². The minimum atomic E-state index is -0.129. The first kappa shape index (κ1) is 19.5. The van der Waals surface area contributed by atoms with Crippen LogP contribution in [0.1, 0.15) is 60.3 Å². The molecule has 3 heteroatoms. The highest BCUT2D eigenvalue weighted by atomic mass is 16.2. The van der Waals surface area contributed by atoms with Crippen LogP contribution in [-0.4, -0.2) is 11.6 Å². The molecule has 0 saturated heterocycles. The van der Waals surface area contributed by atoms with Crippen LogP contribution in [0.3, 0.4) is 0 Å². The molecule has 0 aromatic heterocycles. The molecule has 1 aliphatic carbocycles. The molecule has 0 heterocycles. The summed E-state index contributed by atoms with van der Waals surface area (Å²) in [6, 6.07) is -0.129. The average Bonchev–Trinajstić information content (AvgIpc) is 2.35. The van der Waals surface area contributed by atoms with Gasteiger partial charge in [0.25, 0.3) is 0 Å². The Morgan fingerprint density at radius 3 is 2.65 bits per heavy atom. The Bertz CT molecular complexity index is 462. The molecule has 2 N–H and O–H groups in total. The van der Waals surface area contributed by atoms with Crippen molar-refractivity contribution in [1.29, 1.82) is 0 Å². The van der Waals surface area contributed by atoms with E-state index in [1.807, 2.05) is 19.1 Å². The number of carbonyl (C=O) groups excluding carboxylic acids is 1. The molecule has 1 fully saturated rings. The van der Waals surface area contributed by atoms with E-state index in [1.54, 1.807) is 12.2 Å². The maximum atomic E-state index is 12.4. The van der Waals surface area contributed by atoms with Gasteiger partial charge in [0.15, 0.2) is 0 Å². The predicted octanol–water partition coefficient (Wildman–Crippen LogP) is 5.17. The van der Waals surface area contributed by atoms with Gasteiger partial charge in [0.1, 0.15) is 0 Å². The van der Waals surface area contributed by atoms with E-state index in [-0.39, 0.29) is 11.6 Å².